The van der Waals surface area contributed by atoms with Crippen LogP contribution in [0.3, 0.4) is 0 Å². The van der Waals surface area contributed by atoms with Gasteiger partial charge in [-0.3, -0.25) is 4.98 Å². The Balaban J connectivity index is 1.48. The predicted molar refractivity (Wildman–Crippen MR) is 97.3 cm³/mol. The van der Waals surface area contributed by atoms with Crippen LogP contribution in [0.15, 0.2) is 52.1 Å². The lowest BCUT2D eigenvalue weighted by atomic mass is 9.97. The van der Waals surface area contributed by atoms with E-state index in [1.807, 2.05) is 23.1 Å². The summed E-state index contributed by atoms with van der Waals surface area (Å²) in [6.07, 6.45) is 4.72. The number of pyridine rings is 2. The molecule has 1 fully saturated rings. The number of aromatic nitrogens is 4. The summed E-state index contributed by atoms with van der Waals surface area (Å²) in [5, 5.41) is 9.32. The number of anilines is 1. The highest BCUT2D eigenvalue weighted by Gasteiger charge is 2.28. The van der Waals surface area contributed by atoms with E-state index in [1.54, 1.807) is 18.5 Å². The molecule has 4 heterocycles. The van der Waals surface area contributed by atoms with E-state index in [-0.39, 0.29) is 10.8 Å². The summed E-state index contributed by atoms with van der Waals surface area (Å²) >= 11 is 0. The summed E-state index contributed by atoms with van der Waals surface area (Å²) in [5.41, 5.74) is 0.663. The van der Waals surface area contributed by atoms with Gasteiger partial charge in [-0.15, -0.1) is 0 Å². The number of hydrogen-bond acceptors (Lipinski definition) is 8. The molecule has 2 N–H and O–H groups in total. The summed E-state index contributed by atoms with van der Waals surface area (Å²) < 4.78 is 29.0. The van der Waals surface area contributed by atoms with Crippen molar-refractivity contribution in [3.8, 4) is 11.5 Å². The Bertz CT molecular complexity index is 1030. The van der Waals surface area contributed by atoms with Crippen molar-refractivity contribution >= 4 is 15.8 Å². The van der Waals surface area contributed by atoms with E-state index in [1.165, 1.54) is 6.07 Å². The molecule has 1 aliphatic heterocycles. The van der Waals surface area contributed by atoms with Crippen molar-refractivity contribution in [2.75, 3.05) is 18.0 Å². The largest absolute Gasteiger partial charge is 0.355 e. The molecule has 0 aromatic carbocycles. The van der Waals surface area contributed by atoms with Crippen LogP contribution in [0.1, 0.15) is 24.7 Å². The molecule has 3 aromatic rings. The lowest BCUT2D eigenvalue weighted by molar-refractivity contribution is 0.329. The van der Waals surface area contributed by atoms with Crippen LogP contribution in [0.2, 0.25) is 0 Å². The molecule has 4 rings (SSSR count). The lowest BCUT2D eigenvalue weighted by Crippen LogP contribution is -2.35. The molecule has 10 heteroatoms. The third-order valence-corrected chi connectivity index (χ3v) is 5.47. The minimum Gasteiger partial charge on any atom is -0.355 e. The third-order valence-electron chi connectivity index (χ3n) is 4.54. The normalized spacial score (nSPS) is 15.8. The number of piperidine rings is 1. The highest BCUT2D eigenvalue weighted by molar-refractivity contribution is 7.89. The second kappa shape index (κ2) is 7.05. The molecule has 0 unspecified atom stereocenters. The number of nitrogens with zero attached hydrogens (tertiary/aromatic N) is 5. The van der Waals surface area contributed by atoms with Crippen molar-refractivity contribution in [3.63, 3.8) is 0 Å². The molecule has 9 nitrogen and oxygen atoms in total. The van der Waals surface area contributed by atoms with Gasteiger partial charge in [-0.25, -0.2) is 18.5 Å². The fourth-order valence-corrected chi connectivity index (χ4v) is 3.88. The van der Waals surface area contributed by atoms with Gasteiger partial charge < -0.3 is 9.42 Å². The average molecular weight is 386 g/mol. The van der Waals surface area contributed by atoms with Gasteiger partial charge >= 0.3 is 0 Å². The zero-order valence-electron chi connectivity index (χ0n) is 14.4. The molecule has 0 atom stereocenters. The van der Waals surface area contributed by atoms with E-state index in [4.69, 9.17) is 9.66 Å². The number of hydrogen-bond donors (Lipinski definition) is 1. The van der Waals surface area contributed by atoms with E-state index in [9.17, 15) is 8.42 Å². The molecule has 0 spiro atoms. The van der Waals surface area contributed by atoms with Crippen LogP contribution >= 0.6 is 0 Å². The van der Waals surface area contributed by atoms with Crippen LogP contribution in [0.5, 0.6) is 0 Å². The summed E-state index contributed by atoms with van der Waals surface area (Å²) in [5.74, 6) is 1.53. The van der Waals surface area contributed by atoms with Crippen LogP contribution in [0.4, 0.5) is 5.82 Å². The molecule has 3 aromatic heterocycles. The lowest BCUT2D eigenvalue weighted by Gasteiger charge is -2.32. The van der Waals surface area contributed by atoms with Gasteiger partial charge in [0.05, 0.1) is 0 Å². The van der Waals surface area contributed by atoms with Gasteiger partial charge in [-0.1, -0.05) is 11.2 Å². The Morgan fingerprint density at radius 2 is 1.85 bits per heavy atom. The van der Waals surface area contributed by atoms with E-state index < -0.39 is 10.0 Å². The highest BCUT2D eigenvalue weighted by Crippen LogP contribution is 2.31. The molecule has 0 radical (unpaired) electrons. The average Bonchev–Trinajstić information content (AvgIpc) is 3.18. The Labute approximate surface area is 156 Å². The van der Waals surface area contributed by atoms with E-state index in [0.717, 1.165) is 12.8 Å². The van der Waals surface area contributed by atoms with Crippen molar-refractivity contribution < 1.29 is 12.9 Å². The minimum absolute atomic E-state index is 0.0404. The molecule has 27 heavy (non-hydrogen) atoms. The summed E-state index contributed by atoms with van der Waals surface area (Å²) in [4.78, 5) is 14.9. The molecule has 1 aliphatic rings. The SMILES string of the molecule is NS(=O)(=O)c1cccnc1N1CCC(c2nc(-c3ccccn3)no2)CC1. The minimum atomic E-state index is -3.83. The molecule has 1 saturated heterocycles. The fraction of sp³-hybridized carbons (Fsp3) is 0.294. The first-order chi connectivity index (χ1) is 13.0. The topological polar surface area (TPSA) is 128 Å². The van der Waals surface area contributed by atoms with Crippen LogP contribution < -0.4 is 10.0 Å². The van der Waals surface area contributed by atoms with Gasteiger partial charge in [0.25, 0.3) is 0 Å². The molecular formula is C17H18N6O3S. The smallest absolute Gasteiger partial charge is 0.241 e. The zero-order chi connectivity index (χ0) is 18.9. The fourth-order valence-electron chi connectivity index (χ4n) is 3.18. The standard InChI is InChI=1S/C17H18N6O3S/c18-27(24,25)14-5-3-9-20-16(14)23-10-6-12(7-11-23)17-21-15(22-26-17)13-4-1-2-8-19-13/h1-5,8-9,12H,6-7,10-11H2,(H2,18,24,25). The maximum atomic E-state index is 11.8. The van der Waals surface area contributed by atoms with E-state index in [0.29, 0.717) is 36.3 Å². The predicted octanol–water partition coefficient (Wildman–Crippen LogP) is 1.56. The van der Waals surface area contributed by atoms with Crippen LogP contribution in [-0.2, 0) is 10.0 Å². The zero-order valence-corrected chi connectivity index (χ0v) is 15.2. The highest BCUT2D eigenvalue weighted by atomic mass is 32.2. The summed E-state index contributed by atoms with van der Waals surface area (Å²) in [6.45, 7) is 1.23. The van der Waals surface area contributed by atoms with Gasteiger partial charge in [0, 0.05) is 31.4 Å². The summed E-state index contributed by atoms with van der Waals surface area (Å²) in [7, 11) is -3.83. The second-order valence-electron chi connectivity index (χ2n) is 6.30. The van der Waals surface area contributed by atoms with Crippen molar-refractivity contribution in [2.45, 2.75) is 23.7 Å². The van der Waals surface area contributed by atoms with Gasteiger partial charge in [-0.05, 0) is 37.1 Å². The van der Waals surface area contributed by atoms with Crippen molar-refractivity contribution in [3.05, 3.63) is 48.6 Å². The number of nitrogens with two attached hydrogens (primary N) is 1. The van der Waals surface area contributed by atoms with Crippen molar-refractivity contribution in [2.24, 2.45) is 5.14 Å². The molecular weight excluding hydrogens is 368 g/mol. The maximum Gasteiger partial charge on any atom is 0.241 e. The van der Waals surface area contributed by atoms with Gasteiger partial charge in [-0.2, -0.15) is 4.98 Å². The van der Waals surface area contributed by atoms with Crippen LogP contribution in [-0.4, -0.2) is 41.6 Å². The third kappa shape index (κ3) is 3.67. The Morgan fingerprint density at radius 1 is 1.07 bits per heavy atom. The van der Waals surface area contributed by atoms with Crippen molar-refractivity contribution in [1.82, 2.24) is 20.1 Å². The van der Waals surface area contributed by atoms with Gasteiger partial charge in [0.2, 0.25) is 21.7 Å². The van der Waals surface area contributed by atoms with Gasteiger partial charge in [0.15, 0.2) is 0 Å². The number of rotatable bonds is 4. The first-order valence-corrected chi connectivity index (χ1v) is 10.0. The van der Waals surface area contributed by atoms with E-state index >= 15 is 0 Å². The Kier molecular flexibility index (Phi) is 4.58. The Morgan fingerprint density at radius 3 is 2.56 bits per heavy atom. The Hall–Kier alpha value is -2.85. The molecule has 0 bridgehead atoms. The van der Waals surface area contributed by atoms with Crippen LogP contribution in [0.25, 0.3) is 11.5 Å². The second-order valence-corrected chi connectivity index (χ2v) is 7.83. The molecule has 140 valence electrons. The van der Waals surface area contributed by atoms with Crippen LogP contribution in [0, 0.1) is 0 Å². The molecule has 0 amide bonds. The quantitative estimate of drug-likeness (QED) is 0.715. The van der Waals surface area contributed by atoms with Crippen molar-refractivity contribution in [1.29, 1.82) is 0 Å². The monoisotopic (exact) mass is 386 g/mol. The van der Waals surface area contributed by atoms with Gasteiger partial charge in [0.1, 0.15) is 16.4 Å². The van der Waals surface area contributed by atoms with E-state index in [2.05, 4.69) is 20.1 Å². The first kappa shape index (κ1) is 17.6. The summed E-state index contributed by atoms with van der Waals surface area (Å²) in [6, 6.07) is 8.56. The molecule has 0 aliphatic carbocycles. The first-order valence-electron chi connectivity index (χ1n) is 8.50. The number of primary sulfonamides is 1. The molecule has 0 saturated carbocycles. The maximum absolute atomic E-state index is 11.8. The number of sulfonamides is 1.